The lowest BCUT2D eigenvalue weighted by Gasteiger charge is -2.15. The predicted octanol–water partition coefficient (Wildman–Crippen LogP) is 2.54. The Balaban J connectivity index is 1.95. The van der Waals surface area contributed by atoms with Crippen molar-refractivity contribution in [3.05, 3.63) is 23.8 Å². The first-order valence-corrected chi connectivity index (χ1v) is 10.2. The number of benzene rings is 1. The normalized spacial score (nSPS) is 19.7. The van der Waals surface area contributed by atoms with E-state index in [9.17, 15) is 8.42 Å². The van der Waals surface area contributed by atoms with Crippen LogP contribution in [0.1, 0.15) is 38.7 Å². The van der Waals surface area contributed by atoms with Crippen molar-refractivity contribution in [3.63, 3.8) is 0 Å². The summed E-state index contributed by atoms with van der Waals surface area (Å²) >= 11 is 0. The van der Waals surface area contributed by atoms with Crippen LogP contribution < -0.4 is 14.8 Å². The van der Waals surface area contributed by atoms with Crippen LogP contribution in [0.5, 0.6) is 11.5 Å². The standard InChI is InChI=1S/C17H27NO4S/c1-3-5-9-22-16-7-6-14(11-17(16)21-4-2)12-18-15-8-10-23(19,20)13-15/h6-7,11,15,18H,3-5,8-10,12-13H2,1-2H3. The van der Waals surface area contributed by atoms with Crippen LogP contribution in [0.2, 0.25) is 0 Å². The fraction of sp³-hybridized carbons (Fsp3) is 0.647. The number of rotatable bonds is 9. The molecule has 0 aromatic heterocycles. The van der Waals surface area contributed by atoms with Crippen LogP contribution in [-0.2, 0) is 16.4 Å². The maximum atomic E-state index is 11.5. The minimum Gasteiger partial charge on any atom is -0.490 e. The van der Waals surface area contributed by atoms with Crippen molar-refractivity contribution in [1.82, 2.24) is 5.32 Å². The van der Waals surface area contributed by atoms with Crippen molar-refractivity contribution in [2.45, 2.75) is 45.7 Å². The molecule has 1 unspecified atom stereocenters. The van der Waals surface area contributed by atoms with Gasteiger partial charge in [-0.25, -0.2) is 8.42 Å². The quantitative estimate of drug-likeness (QED) is 0.699. The minimum absolute atomic E-state index is 0.0519. The van der Waals surface area contributed by atoms with Gasteiger partial charge in [-0.1, -0.05) is 19.4 Å². The number of nitrogens with one attached hydrogen (secondary N) is 1. The maximum absolute atomic E-state index is 11.5. The Bertz CT molecular complexity index is 601. The van der Waals surface area contributed by atoms with Gasteiger partial charge >= 0.3 is 0 Å². The summed E-state index contributed by atoms with van der Waals surface area (Å²) in [6, 6.07) is 5.96. The van der Waals surface area contributed by atoms with Crippen LogP contribution >= 0.6 is 0 Å². The molecule has 23 heavy (non-hydrogen) atoms. The van der Waals surface area contributed by atoms with Gasteiger partial charge < -0.3 is 14.8 Å². The van der Waals surface area contributed by atoms with Gasteiger partial charge in [0, 0.05) is 12.6 Å². The molecule has 6 heteroatoms. The third kappa shape index (κ3) is 5.70. The Labute approximate surface area is 139 Å². The summed E-state index contributed by atoms with van der Waals surface area (Å²) in [6.45, 7) is 5.99. The van der Waals surface area contributed by atoms with Gasteiger partial charge in [0.2, 0.25) is 0 Å². The molecule has 0 bridgehead atoms. The SMILES string of the molecule is CCCCOc1ccc(CNC2CCS(=O)(=O)C2)cc1OCC. The Hall–Kier alpha value is -1.27. The van der Waals surface area contributed by atoms with E-state index in [1.165, 1.54) is 0 Å². The molecule has 0 aliphatic carbocycles. The highest BCUT2D eigenvalue weighted by molar-refractivity contribution is 7.91. The zero-order chi connectivity index (χ0) is 16.7. The highest BCUT2D eigenvalue weighted by atomic mass is 32.2. The summed E-state index contributed by atoms with van der Waals surface area (Å²) in [7, 11) is -2.84. The summed E-state index contributed by atoms with van der Waals surface area (Å²) in [4.78, 5) is 0. The van der Waals surface area contributed by atoms with Gasteiger partial charge in [-0.2, -0.15) is 0 Å². The number of hydrogen-bond acceptors (Lipinski definition) is 5. The molecule has 1 aromatic carbocycles. The van der Waals surface area contributed by atoms with Gasteiger partial charge in [0.1, 0.15) is 0 Å². The zero-order valence-electron chi connectivity index (χ0n) is 14.0. The van der Waals surface area contributed by atoms with E-state index in [1.54, 1.807) is 0 Å². The molecule has 1 saturated heterocycles. The van der Waals surface area contributed by atoms with Crippen molar-refractivity contribution in [3.8, 4) is 11.5 Å². The van der Waals surface area contributed by atoms with Crippen molar-refractivity contribution >= 4 is 9.84 Å². The van der Waals surface area contributed by atoms with E-state index in [0.717, 1.165) is 29.9 Å². The Kier molecular flexibility index (Phi) is 6.72. The number of unbranched alkanes of at least 4 members (excludes halogenated alkanes) is 1. The van der Waals surface area contributed by atoms with E-state index in [2.05, 4.69) is 12.2 Å². The zero-order valence-corrected chi connectivity index (χ0v) is 14.8. The van der Waals surface area contributed by atoms with Gasteiger partial charge in [0.15, 0.2) is 21.3 Å². The summed E-state index contributed by atoms with van der Waals surface area (Å²) in [5.41, 5.74) is 1.07. The van der Waals surface area contributed by atoms with Gasteiger partial charge in [0.05, 0.1) is 24.7 Å². The molecule has 0 saturated carbocycles. The average molecular weight is 341 g/mol. The van der Waals surface area contributed by atoms with E-state index < -0.39 is 9.84 Å². The molecule has 1 fully saturated rings. The summed E-state index contributed by atoms with van der Waals surface area (Å²) in [6.07, 6.45) is 2.81. The molecule has 5 nitrogen and oxygen atoms in total. The molecule has 0 radical (unpaired) electrons. The third-order valence-electron chi connectivity index (χ3n) is 3.89. The Morgan fingerprint density at radius 1 is 1.22 bits per heavy atom. The first-order valence-electron chi connectivity index (χ1n) is 8.36. The second-order valence-electron chi connectivity index (χ2n) is 5.90. The Morgan fingerprint density at radius 2 is 2.04 bits per heavy atom. The summed E-state index contributed by atoms with van der Waals surface area (Å²) in [5.74, 6) is 2.05. The van der Waals surface area contributed by atoms with Gasteiger partial charge in [-0.05, 0) is 37.5 Å². The van der Waals surface area contributed by atoms with E-state index in [1.807, 2.05) is 25.1 Å². The molecular weight excluding hydrogens is 314 g/mol. The van der Waals surface area contributed by atoms with Crippen LogP contribution in [0.15, 0.2) is 18.2 Å². The highest BCUT2D eigenvalue weighted by Gasteiger charge is 2.27. The lowest BCUT2D eigenvalue weighted by molar-refractivity contribution is 0.272. The number of ether oxygens (including phenoxy) is 2. The van der Waals surface area contributed by atoms with Crippen molar-refractivity contribution < 1.29 is 17.9 Å². The molecule has 1 N–H and O–H groups in total. The first kappa shape index (κ1) is 18.1. The highest BCUT2D eigenvalue weighted by Crippen LogP contribution is 2.29. The van der Waals surface area contributed by atoms with E-state index in [-0.39, 0.29) is 11.8 Å². The molecule has 2 rings (SSSR count). The van der Waals surface area contributed by atoms with Crippen molar-refractivity contribution in [1.29, 1.82) is 0 Å². The maximum Gasteiger partial charge on any atom is 0.161 e. The lowest BCUT2D eigenvalue weighted by atomic mass is 10.1. The fourth-order valence-corrected chi connectivity index (χ4v) is 4.30. The molecule has 1 aliphatic heterocycles. The first-order chi connectivity index (χ1) is 11.0. The molecule has 1 atom stereocenters. The predicted molar refractivity (Wildman–Crippen MR) is 91.9 cm³/mol. The molecule has 1 heterocycles. The van der Waals surface area contributed by atoms with Crippen molar-refractivity contribution in [2.24, 2.45) is 0 Å². The largest absolute Gasteiger partial charge is 0.490 e. The van der Waals surface area contributed by atoms with Gasteiger partial charge in [0.25, 0.3) is 0 Å². The Morgan fingerprint density at radius 3 is 2.70 bits per heavy atom. The topological polar surface area (TPSA) is 64.6 Å². The summed E-state index contributed by atoms with van der Waals surface area (Å²) < 4.78 is 34.4. The fourth-order valence-electron chi connectivity index (χ4n) is 2.59. The number of hydrogen-bond donors (Lipinski definition) is 1. The van der Waals surface area contributed by atoms with Gasteiger partial charge in [-0.3, -0.25) is 0 Å². The third-order valence-corrected chi connectivity index (χ3v) is 5.66. The van der Waals surface area contributed by atoms with E-state index >= 15 is 0 Å². The van der Waals surface area contributed by atoms with Gasteiger partial charge in [-0.15, -0.1) is 0 Å². The molecule has 0 spiro atoms. The van der Waals surface area contributed by atoms with Crippen LogP contribution in [-0.4, -0.2) is 39.2 Å². The second kappa shape index (κ2) is 8.55. The molecule has 1 aromatic rings. The monoisotopic (exact) mass is 341 g/mol. The van der Waals surface area contributed by atoms with E-state index in [4.69, 9.17) is 9.47 Å². The van der Waals surface area contributed by atoms with Crippen LogP contribution in [0, 0.1) is 0 Å². The van der Waals surface area contributed by atoms with Crippen LogP contribution in [0.25, 0.3) is 0 Å². The van der Waals surface area contributed by atoms with Crippen LogP contribution in [0.3, 0.4) is 0 Å². The number of sulfone groups is 1. The molecular formula is C17H27NO4S. The molecule has 1 aliphatic rings. The van der Waals surface area contributed by atoms with Crippen molar-refractivity contribution in [2.75, 3.05) is 24.7 Å². The molecule has 0 amide bonds. The van der Waals surface area contributed by atoms with Crippen LogP contribution in [0.4, 0.5) is 0 Å². The summed E-state index contributed by atoms with van der Waals surface area (Å²) in [5, 5.41) is 3.32. The minimum atomic E-state index is -2.84. The molecule has 130 valence electrons. The average Bonchev–Trinajstić information content (AvgIpc) is 2.87. The van der Waals surface area contributed by atoms with E-state index in [0.29, 0.717) is 31.9 Å². The lowest BCUT2D eigenvalue weighted by Crippen LogP contribution is -2.29. The smallest absolute Gasteiger partial charge is 0.161 e. The second-order valence-corrected chi connectivity index (χ2v) is 8.13.